The molecule has 1 heterocycles. The highest BCUT2D eigenvalue weighted by molar-refractivity contribution is 5.69. The molecule has 2 atom stereocenters. The molecule has 1 rings (SSSR count). The predicted octanol–water partition coefficient (Wildman–Crippen LogP) is 1.40. The molecule has 0 aliphatic carbocycles. The van der Waals surface area contributed by atoms with Gasteiger partial charge in [-0.1, -0.05) is 6.42 Å². The Morgan fingerprint density at radius 3 is 2.94 bits per heavy atom. The summed E-state index contributed by atoms with van der Waals surface area (Å²) in [6, 6.07) is 0.817. The highest BCUT2D eigenvalue weighted by atomic mass is 16.5. The van der Waals surface area contributed by atoms with Gasteiger partial charge in [0.1, 0.15) is 0 Å². The fourth-order valence-electron chi connectivity index (χ4n) is 2.28. The van der Waals surface area contributed by atoms with Crippen molar-refractivity contribution in [3.05, 3.63) is 0 Å². The van der Waals surface area contributed by atoms with Crippen LogP contribution in [0.1, 0.15) is 39.5 Å². The Morgan fingerprint density at radius 2 is 2.29 bits per heavy atom. The Balaban J connectivity index is 2.18. The summed E-state index contributed by atoms with van der Waals surface area (Å²) in [4.78, 5) is 13.7. The van der Waals surface area contributed by atoms with E-state index in [1.54, 1.807) is 0 Å². The van der Waals surface area contributed by atoms with Crippen LogP contribution in [-0.4, -0.2) is 49.7 Å². The molecular formula is C13H26N2O2. The van der Waals surface area contributed by atoms with Crippen molar-refractivity contribution in [3.8, 4) is 0 Å². The summed E-state index contributed by atoms with van der Waals surface area (Å²) in [7, 11) is 2.18. The first-order valence-electron chi connectivity index (χ1n) is 6.72. The van der Waals surface area contributed by atoms with Gasteiger partial charge in [-0.25, -0.2) is 0 Å². The molecule has 1 saturated heterocycles. The van der Waals surface area contributed by atoms with Crippen LogP contribution < -0.4 is 5.32 Å². The van der Waals surface area contributed by atoms with E-state index in [9.17, 15) is 4.79 Å². The van der Waals surface area contributed by atoms with Crippen LogP contribution in [0.25, 0.3) is 0 Å². The fraction of sp³-hybridized carbons (Fsp3) is 0.923. The van der Waals surface area contributed by atoms with Crippen molar-refractivity contribution in [3.63, 3.8) is 0 Å². The van der Waals surface area contributed by atoms with Crippen LogP contribution in [0.3, 0.4) is 0 Å². The molecule has 0 aromatic rings. The van der Waals surface area contributed by atoms with Crippen molar-refractivity contribution in [1.29, 1.82) is 0 Å². The first-order chi connectivity index (χ1) is 8.13. The molecule has 2 unspecified atom stereocenters. The maximum absolute atomic E-state index is 11.3. The highest BCUT2D eigenvalue weighted by Crippen LogP contribution is 2.14. The molecule has 0 amide bonds. The van der Waals surface area contributed by atoms with Crippen molar-refractivity contribution in [2.24, 2.45) is 0 Å². The number of likely N-dealkylation sites (tertiary alicyclic amines) is 1. The van der Waals surface area contributed by atoms with Crippen LogP contribution in [0.2, 0.25) is 0 Å². The molecule has 4 nitrogen and oxygen atoms in total. The summed E-state index contributed by atoms with van der Waals surface area (Å²) in [5.41, 5.74) is 0. The molecule has 0 aromatic carbocycles. The highest BCUT2D eigenvalue weighted by Gasteiger charge is 2.19. The summed E-state index contributed by atoms with van der Waals surface area (Å²) in [5.74, 6) is -0.107. The summed E-state index contributed by atoms with van der Waals surface area (Å²) in [6.07, 6.45) is 4.36. The van der Waals surface area contributed by atoms with Gasteiger partial charge in [0.25, 0.3) is 0 Å². The summed E-state index contributed by atoms with van der Waals surface area (Å²) < 4.78 is 4.94. The molecule has 1 fully saturated rings. The smallest absolute Gasteiger partial charge is 0.307 e. The molecule has 100 valence electrons. The Labute approximate surface area is 105 Å². The second-order valence-electron chi connectivity index (χ2n) is 4.95. The second-order valence-corrected chi connectivity index (χ2v) is 4.95. The minimum Gasteiger partial charge on any atom is -0.466 e. The van der Waals surface area contributed by atoms with Crippen LogP contribution in [0.15, 0.2) is 0 Å². The van der Waals surface area contributed by atoms with Crippen molar-refractivity contribution >= 4 is 5.97 Å². The van der Waals surface area contributed by atoms with Gasteiger partial charge in [-0.15, -0.1) is 0 Å². The summed E-state index contributed by atoms with van der Waals surface area (Å²) in [5, 5.41) is 3.43. The number of carbonyl (C=O) groups is 1. The second kappa shape index (κ2) is 7.67. The Kier molecular flexibility index (Phi) is 6.52. The quantitative estimate of drug-likeness (QED) is 0.715. The number of esters is 1. The van der Waals surface area contributed by atoms with Crippen molar-refractivity contribution < 1.29 is 9.53 Å². The lowest BCUT2D eigenvalue weighted by Gasteiger charge is -2.33. The van der Waals surface area contributed by atoms with E-state index < -0.39 is 0 Å². The molecule has 0 radical (unpaired) electrons. The number of hydrogen-bond donors (Lipinski definition) is 1. The van der Waals surface area contributed by atoms with Gasteiger partial charge in [-0.2, -0.15) is 0 Å². The van der Waals surface area contributed by atoms with E-state index in [0.717, 1.165) is 6.54 Å². The predicted molar refractivity (Wildman–Crippen MR) is 69.0 cm³/mol. The largest absolute Gasteiger partial charge is 0.466 e. The maximum Gasteiger partial charge on any atom is 0.307 e. The SMILES string of the molecule is CCOC(=O)CC(C)NCC1CCCCN1C. The summed E-state index contributed by atoms with van der Waals surface area (Å²) >= 11 is 0. The van der Waals surface area contributed by atoms with Gasteiger partial charge in [-0.3, -0.25) is 4.79 Å². The van der Waals surface area contributed by atoms with Crippen molar-refractivity contribution in [2.75, 3.05) is 26.7 Å². The van der Waals surface area contributed by atoms with Gasteiger partial charge in [0.15, 0.2) is 0 Å². The van der Waals surface area contributed by atoms with Crippen LogP contribution in [0.4, 0.5) is 0 Å². The van der Waals surface area contributed by atoms with Gasteiger partial charge < -0.3 is 15.0 Å². The third kappa shape index (κ3) is 5.50. The number of likely N-dealkylation sites (N-methyl/N-ethyl adjacent to an activating group) is 1. The molecule has 0 spiro atoms. The van der Waals surface area contributed by atoms with Crippen molar-refractivity contribution in [1.82, 2.24) is 10.2 Å². The van der Waals surface area contributed by atoms with Gasteiger partial charge >= 0.3 is 5.97 Å². The zero-order valence-corrected chi connectivity index (χ0v) is 11.4. The number of piperidine rings is 1. The van der Waals surface area contributed by atoms with Crippen LogP contribution in [0, 0.1) is 0 Å². The van der Waals surface area contributed by atoms with Gasteiger partial charge in [0, 0.05) is 18.6 Å². The van der Waals surface area contributed by atoms with E-state index >= 15 is 0 Å². The molecule has 1 N–H and O–H groups in total. The van der Waals surface area contributed by atoms with Crippen LogP contribution in [0.5, 0.6) is 0 Å². The lowest BCUT2D eigenvalue weighted by molar-refractivity contribution is -0.143. The van der Waals surface area contributed by atoms with E-state index in [1.807, 2.05) is 13.8 Å². The number of nitrogens with one attached hydrogen (secondary N) is 1. The van der Waals surface area contributed by atoms with Gasteiger partial charge in [0.2, 0.25) is 0 Å². The number of rotatable bonds is 6. The molecule has 17 heavy (non-hydrogen) atoms. The molecule has 0 aromatic heterocycles. The van der Waals surface area contributed by atoms with Gasteiger partial charge in [0.05, 0.1) is 13.0 Å². The lowest BCUT2D eigenvalue weighted by atomic mass is 10.0. The first-order valence-corrected chi connectivity index (χ1v) is 6.72. The molecule has 0 saturated carbocycles. The topological polar surface area (TPSA) is 41.6 Å². The monoisotopic (exact) mass is 242 g/mol. The standard InChI is InChI=1S/C13H26N2O2/c1-4-17-13(16)9-11(2)14-10-12-7-5-6-8-15(12)3/h11-12,14H,4-10H2,1-3H3. The Hall–Kier alpha value is -0.610. The third-order valence-electron chi connectivity index (χ3n) is 3.40. The van der Waals surface area contributed by atoms with Crippen LogP contribution in [-0.2, 0) is 9.53 Å². The number of nitrogens with zero attached hydrogens (tertiary/aromatic N) is 1. The zero-order valence-electron chi connectivity index (χ0n) is 11.4. The maximum atomic E-state index is 11.3. The number of carbonyl (C=O) groups excluding carboxylic acids is 1. The normalized spacial score (nSPS) is 23.4. The van der Waals surface area contributed by atoms with E-state index in [0.29, 0.717) is 19.1 Å². The minimum atomic E-state index is -0.107. The molecule has 1 aliphatic rings. The molecule has 4 heteroatoms. The van der Waals surface area contributed by atoms with E-state index in [4.69, 9.17) is 4.74 Å². The van der Waals surface area contributed by atoms with E-state index in [-0.39, 0.29) is 12.0 Å². The zero-order chi connectivity index (χ0) is 12.7. The molecule has 0 bridgehead atoms. The number of ether oxygens (including phenoxy) is 1. The minimum absolute atomic E-state index is 0.107. The first kappa shape index (κ1) is 14.5. The molecular weight excluding hydrogens is 216 g/mol. The summed E-state index contributed by atoms with van der Waals surface area (Å²) in [6.45, 7) is 6.51. The Bertz CT molecular complexity index is 233. The average Bonchev–Trinajstić information content (AvgIpc) is 2.28. The average molecular weight is 242 g/mol. The Morgan fingerprint density at radius 1 is 1.53 bits per heavy atom. The van der Waals surface area contributed by atoms with Gasteiger partial charge in [-0.05, 0) is 40.3 Å². The molecule has 1 aliphatic heterocycles. The lowest BCUT2D eigenvalue weighted by Crippen LogP contribution is -2.45. The fourth-order valence-corrected chi connectivity index (χ4v) is 2.28. The van der Waals surface area contributed by atoms with Crippen molar-refractivity contribution in [2.45, 2.75) is 51.6 Å². The van der Waals surface area contributed by atoms with E-state index in [1.165, 1.54) is 25.8 Å². The third-order valence-corrected chi connectivity index (χ3v) is 3.40. The van der Waals surface area contributed by atoms with Crippen LogP contribution >= 0.6 is 0 Å². The van der Waals surface area contributed by atoms with E-state index in [2.05, 4.69) is 17.3 Å². The number of hydrogen-bond acceptors (Lipinski definition) is 4.